The number of carboxylic acids is 1. The van der Waals surface area contributed by atoms with Gasteiger partial charge in [0.25, 0.3) is 0 Å². The molecular formula is C30H42BIO9U. The van der Waals surface area contributed by atoms with Gasteiger partial charge in [-0.3, -0.25) is 19.2 Å². The van der Waals surface area contributed by atoms with E-state index in [0.717, 1.165) is 51.4 Å². The van der Waals surface area contributed by atoms with Crippen molar-refractivity contribution < 1.29 is 74.7 Å². The Hall–Kier alpha value is -1.09. The molecule has 2 N–H and O–H groups in total. The summed E-state index contributed by atoms with van der Waals surface area (Å²) >= 11 is 2.38. The van der Waals surface area contributed by atoms with E-state index in [9.17, 15) is 24.3 Å². The predicted molar refractivity (Wildman–Crippen MR) is 163 cm³/mol. The number of alkyl halides is 1. The Morgan fingerprint density at radius 3 is 2.19 bits per heavy atom. The second-order valence-corrected chi connectivity index (χ2v) is 12.4. The number of rotatable bonds is 3. The van der Waals surface area contributed by atoms with Crippen LogP contribution in [0.1, 0.15) is 71.1 Å². The molecular weight excluding hydrogens is 880 g/mol. The van der Waals surface area contributed by atoms with Crippen LogP contribution in [0.3, 0.4) is 0 Å². The fourth-order valence-corrected chi connectivity index (χ4v) is 6.19. The Morgan fingerprint density at radius 2 is 1.64 bits per heavy atom. The van der Waals surface area contributed by atoms with Gasteiger partial charge in [0.15, 0.2) is 0 Å². The van der Waals surface area contributed by atoms with Gasteiger partial charge < -0.3 is 24.4 Å². The minimum Gasteiger partial charge on any atom is -0.481 e. The molecule has 12 heteroatoms. The van der Waals surface area contributed by atoms with Crippen LogP contribution < -0.4 is 0 Å². The van der Waals surface area contributed by atoms with Gasteiger partial charge in [0.1, 0.15) is 12.2 Å². The number of aliphatic hydroxyl groups is 1. The molecule has 2 radical (unpaired) electrons. The smallest absolute Gasteiger partial charge is 0.309 e. The van der Waals surface area contributed by atoms with E-state index in [1.165, 1.54) is 0 Å². The molecule has 6 rings (SSSR count). The van der Waals surface area contributed by atoms with Gasteiger partial charge >= 0.3 is 23.9 Å². The molecule has 0 amide bonds. The van der Waals surface area contributed by atoms with Gasteiger partial charge in [-0.2, -0.15) is 0 Å². The summed E-state index contributed by atoms with van der Waals surface area (Å²) in [5.74, 6) is -0.648. The summed E-state index contributed by atoms with van der Waals surface area (Å²) in [7, 11) is 3.75. The molecule has 0 spiro atoms. The summed E-state index contributed by atoms with van der Waals surface area (Å²) in [6, 6.07) is 0. The molecule has 0 aromatic heterocycles. The first-order valence-electron chi connectivity index (χ1n) is 14.9. The molecule has 6 aliphatic rings. The number of carbonyl (C=O) groups excluding carboxylic acids is 3. The Labute approximate surface area is 289 Å². The van der Waals surface area contributed by atoms with E-state index in [1.807, 2.05) is 30.4 Å². The molecule has 4 aliphatic carbocycles. The first-order chi connectivity index (χ1) is 20.2. The van der Waals surface area contributed by atoms with E-state index in [1.54, 1.807) is 13.0 Å². The van der Waals surface area contributed by atoms with Crippen LogP contribution >= 0.6 is 22.6 Å². The van der Waals surface area contributed by atoms with Gasteiger partial charge in [0.2, 0.25) is 0 Å². The number of halogens is 1. The van der Waals surface area contributed by atoms with Crippen molar-refractivity contribution >= 4 is 54.8 Å². The van der Waals surface area contributed by atoms with Gasteiger partial charge in [-0.25, -0.2) is 0 Å². The standard InChI is InChI=1S/C9H14O3.C7H9IO2.C7H8O2.C7H10O2.BH.U/c1-2-12-9(11)7-4-3-5-8(10)6-7;8-5-2-1-4-3-6(5)10-7(4)9;8-7-5-2-1-3-6(4-5)9-7;8-7(9)6-4-2-1-3-5-6;;/h3,5,7-8,10H,2,4,6H2,1H3;4-6H,1-3H2;1,3,5-6H,2,4H2;1-2,6H,3-5H2,(H,8,9);1H;/t7-,8+;4-,5-,6-;5-,6+;;;/m000.../s1/i;;;;1D;. The minimum atomic E-state index is -0.653. The molecule has 2 saturated heterocycles. The van der Waals surface area contributed by atoms with Crippen LogP contribution in [-0.4, -0.2) is 72.6 Å². The summed E-state index contributed by atoms with van der Waals surface area (Å²) < 4.78 is 20.8. The van der Waals surface area contributed by atoms with Crippen LogP contribution in [-0.2, 0) is 33.4 Å². The molecule has 0 aromatic rings. The number of carbonyl (C=O) groups is 4. The second-order valence-electron chi connectivity index (χ2n) is 10.8. The van der Waals surface area contributed by atoms with E-state index in [2.05, 4.69) is 31.0 Å². The van der Waals surface area contributed by atoms with Crippen molar-refractivity contribution in [2.24, 2.45) is 23.7 Å². The zero-order valence-corrected chi connectivity index (χ0v) is 30.4. The number of hydrogen-bond acceptors (Lipinski definition) is 8. The molecule has 8 atom stereocenters. The monoisotopic (exact) mass is 923 g/mol. The first kappa shape index (κ1) is 37.1. The molecule has 42 heavy (non-hydrogen) atoms. The number of aliphatic carboxylic acids is 1. The van der Waals surface area contributed by atoms with Crippen LogP contribution in [0.5, 0.6) is 0 Å². The quantitative estimate of drug-likeness (QED) is 0.107. The summed E-state index contributed by atoms with van der Waals surface area (Å²) in [6.45, 7) is 2.20. The Morgan fingerprint density at radius 1 is 0.952 bits per heavy atom. The number of hydrogen-bond donors (Lipinski definition) is 2. The fraction of sp³-hybridized carbons (Fsp3) is 0.667. The van der Waals surface area contributed by atoms with E-state index in [-0.39, 0.29) is 84.9 Å². The maximum absolute atomic E-state index is 11.2. The third-order valence-electron chi connectivity index (χ3n) is 7.74. The molecule has 1 saturated carbocycles. The second kappa shape index (κ2) is 20.0. The minimum absolute atomic E-state index is 0. The average Bonchev–Trinajstić information content (AvgIpc) is 3.46. The number of allylic oxidation sites excluding steroid dienone is 4. The zero-order chi connectivity index (χ0) is 31.1. The largest absolute Gasteiger partial charge is 0.481 e. The maximum atomic E-state index is 11.2. The molecule has 0 aromatic carbocycles. The van der Waals surface area contributed by atoms with Crippen molar-refractivity contribution in [1.82, 2.24) is 0 Å². The van der Waals surface area contributed by atoms with Crippen LogP contribution in [0.15, 0.2) is 36.5 Å². The average molecular weight is 923 g/mol. The van der Waals surface area contributed by atoms with Crippen molar-refractivity contribution in [2.45, 2.75) is 93.4 Å². The Balaban J connectivity index is 0.000000280. The summed E-state index contributed by atoms with van der Waals surface area (Å²) in [5, 5.41) is 17.7. The van der Waals surface area contributed by atoms with Crippen molar-refractivity contribution in [3.05, 3.63) is 36.5 Å². The van der Waals surface area contributed by atoms with Gasteiger partial charge in [0, 0.05) is 49.8 Å². The summed E-state index contributed by atoms with van der Waals surface area (Å²) in [6.07, 6.45) is 20.0. The third-order valence-corrected chi connectivity index (χ3v) is 9.17. The number of fused-ring (bicyclic) bond motifs is 4. The molecule has 2 aliphatic heterocycles. The maximum Gasteiger partial charge on any atom is 0.309 e. The third kappa shape index (κ3) is 12.5. The predicted octanol–water partition coefficient (Wildman–Crippen LogP) is 4.05. The van der Waals surface area contributed by atoms with Crippen LogP contribution in [0.2, 0.25) is 0 Å². The number of ether oxygens (including phenoxy) is 3. The summed E-state index contributed by atoms with van der Waals surface area (Å²) in [4.78, 5) is 43.3. The SMILES string of the molecule is CCOC(=O)[C@H]1CC=C[C@@H](O)C1.O=C(O)C1CC=CCC1.O=C1O[C@@H]2C=CC[C@H]1C2.O=C1O[C@H]2C[C@@H]1CC[C@@H]2I.[2H][B].[U]. The number of esters is 3. The van der Waals surface area contributed by atoms with Crippen LogP contribution in [0.25, 0.3) is 0 Å². The van der Waals surface area contributed by atoms with Gasteiger partial charge in [-0.1, -0.05) is 53.0 Å². The van der Waals surface area contributed by atoms with Crippen LogP contribution in [0, 0.1) is 54.8 Å². The number of aliphatic hydroxyl groups excluding tert-OH is 1. The summed E-state index contributed by atoms with van der Waals surface area (Å²) in [5.41, 5.74) is 0. The normalized spacial score (nSPS) is 33.0. The number of carboxylic acid groups (broad SMARTS) is 1. The van der Waals surface area contributed by atoms with Crippen molar-refractivity contribution in [1.29, 1.82) is 1.34 Å². The van der Waals surface area contributed by atoms with Crippen molar-refractivity contribution in [3.63, 3.8) is 0 Å². The molecule has 1 unspecified atom stereocenters. The molecule has 3 fully saturated rings. The van der Waals surface area contributed by atoms with Crippen molar-refractivity contribution in [2.75, 3.05) is 6.61 Å². The zero-order valence-electron chi connectivity index (χ0n) is 25.1. The van der Waals surface area contributed by atoms with Gasteiger partial charge in [-0.05, 0) is 72.1 Å². The van der Waals surface area contributed by atoms with Crippen LogP contribution in [0.4, 0.5) is 0 Å². The molecule has 4 bridgehead atoms. The van der Waals surface area contributed by atoms with Crippen molar-refractivity contribution in [3.8, 4) is 0 Å². The van der Waals surface area contributed by atoms with Gasteiger partial charge in [0.05, 0.1) is 36.4 Å². The molecule has 2 heterocycles. The van der Waals surface area contributed by atoms with E-state index in [4.69, 9.17) is 20.7 Å². The van der Waals surface area contributed by atoms with Gasteiger partial charge in [-0.15, -0.1) is 0 Å². The molecule has 230 valence electrons. The van der Waals surface area contributed by atoms with E-state index >= 15 is 0 Å². The van der Waals surface area contributed by atoms with E-state index < -0.39 is 12.1 Å². The fourth-order valence-electron chi connectivity index (χ4n) is 5.39. The van der Waals surface area contributed by atoms with E-state index in [0.29, 0.717) is 23.4 Å². The Kier molecular flexibility index (Phi) is 17.7. The first-order valence-corrected chi connectivity index (χ1v) is 15.5. The Bertz CT molecular complexity index is 995. The topological polar surface area (TPSA) is 136 Å². The molecule has 9 nitrogen and oxygen atoms in total.